The molecular weight excluding hydrogens is 509 g/mol. The lowest BCUT2D eigenvalue weighted by Crippen LogP contribution is -2.36. The molecule has 1 aromatic heterocycles. The molecule has 2 aliphatic rings. The van der Waals surface area contributed by atoms with Crippen molar-refractivity contribution < 1.29 is 18.6 Å². The number of hydrogen-bond acceptors (Lipinski definition) is 6. The van der Waals surface area contributed by atoms with Gasteiger partial charge in [-0.05, 0) is 36.6 Å². The fourth-order valence-electron chi connectivity index (χ4n) is 5.78. The fourth-order valence-corrected chi connectivity index (χ4v) is 5.78. The number of benzene rings is 3. The lowest BCUT2D eigenvalue weighted by atomic mass is 9.80. The highest BCUT2D eigenvalue weighted by Crippen LogP contribution is 2.49. The Labute approximate surface area is 231 Å². The highest BCUT2D eigenvalue weighted by atomic mass is 19.1. The molecule has 1 aliphatic carbocycles. The van der Waals surface area contributed by atoms with E-state index in [-0.39, 0.29) is 18.0 Å². The van der Waals surface area contributed by atoms with Crippen molar-refractivity contribution in [2.45, 2.75) is 43.5 Å². The van der Waals surface area contributed by atoms with Crippen LogP contribution in [0.15, 0.2) is 119 Å². The molecule has 1 fully saturated rings. The summed E-state index contributed by atoms with van der Waals surface area (Å²) in [6, 6.07) is 30.0. The van der Waals surface area contributed by atoms with Gasteiger partial charge in [0.15, 0.2) is 5.79 Å². The monoisotopic (exact) mass is 539 g/mol. The molecule has 4 aromatic rings. The van der Waals surface area contributed by atoms with Crippen molar-refractivity contribution in [3.8, 4) is 0 Å². The Balaban J connectivity index is 1.48. The predicted octanol–water partition coefficient (Wildman–Crippen LogP) is 5.13. The molecule has 40 heavy (non-hydrogen) atoms. The van der Waals surface area contributed by atoms with Crippen LogP contribution in [-0.2, 0) is 19.8 Å². The zero-order valence-corrected chi connectivity index (χ0v) is 22.2. The third-order valence-electron chi connectivity index (χ3n) is 7.49. The van der Waals surface area contributed by atoms with Crippen LogP contribution >= 0.6 is 0 Å². The van der Waals surface area contributed by atoms with Gasteiger partial charge in [-0.3, -0.25) is 4.57 Å². The zero-order valence-electron chi connectivity index (χ0n) is 22.2. The smallest absolute Gasteiger partial charge is 0.350 e. The van der Waals surface area contributed by atoms with Crippen LogP contribution < -0.4 is 11.4 Å². The third-order valence-corrected chi connectivity index (χ3v) is 7.49. The number of halogens is 1. The molecule has 0 saturated carbocycles. The summed E-state index contributed by atoms with van der Waals surface area (Å²) in [4.78, 5) is 16.6. The van der Waals surface area contributed by atoms with Gasteiger partial charge in [0.05, 0.1) is 6.61 Å². The maximum Gasteiger partial charge on any atom is 0.350 e. The first kappa shape index (κ1) is 26.1. The van der Waals surface area contributed by atoms with Gasteiger partial charge < -0.3 is 19.9 Å². The molecule has 0 radical (unpaired) electrons. The number of anilines is 1. The average molecular weight is 540 g/mol. The van der Waals surface area contributed by atoms with Gasteiger partial charge >= 0.3 is 5.69 Å². The van der Waals surface area contributed by atoms with Crippen molar-refractivity contribution in [1.82, 2.24) is 9.55 Å². The summed E-state index contributed by atoms with van der Waals surface area (Å²) in [6.07, 6.45) is -0.104. The van der Waals surface area contributed by atoms with Gasteiger partial charge in [0.25, 0.3) is 0 Å². The Bertz CT molecular complexity index is 1490. The number of aromatic nitrogens is 2. The molecule has 0 bridgehead atoms. The number of rotatable bonds is 7. The average Bonchev–Trinajstić information content (AvgIpc) is 3.40. The number of nitrogens with zero attached hydrogens (tertiary/aromatic N) is 2. The maximum absolute atomic E-state index is 16.4. The van der Waals surface area contributed by atoms with Gasteiger partial charge in [0.1, 0.15) is 35.5 Å². The van der Waals surface area contributed by atoms with E-state index in [2.05, 4.69) is 4.98 Å². The standard InChI is InChI=1S/C32H30FN3O4/c1-31(2)39-28-24(26(33)27(29(28)40-31)36-19-18-25(34)35-30(36)37)20-38-32(21-12-6-3-7-13-21,22-14-8-4-9-15-22)23-16-10-5-11-17-23/h3-19,27-29H,20H2,1-2H3,(H2,34,35,37). The van der Waals surface area contributed by atoms with Gasteiger partial charge in [0.2, 0.25) is 0 Å². The van der Waals surface area contributed by atoms with E-state index in [1.165, 1.54) is 16.8 Å². The molecular formula is C32H30FN3O4. The van der Waals surface area contributed by atoms with Crippen LogP contribution in [0.25, 0.3) is 0 Å². The van der Waals surface area contributed by atoms with Gasteiger partial charge in [0, 0.05) is 11.8 Å². The molecule has 1 saturated heterocycles. The summed E-state index contributed by atoms with van der Waals surface area (Å²) >= 11 is 0. The number of nitrogens with two attached hydrogens (primary N) is 1. The third kappa shape index (κ3) is 4.44. The van der Waals surface area contributed by atoms with E-state index in [0.717, 1.165) is 16.7 Å². The second-order valence-electron chi connectivity index (χ2n) is 10.4. The quantitative estimate of drug-likeness (QED) is 0.328. The maximum atomic E-state index is 16.4. The first-order valence-electron chi connectivity index (χ1n) is 13.2. The number of hydrogen-bond donors (Lipinski definition) is 1. The van der Waals surface area contributed by atoms with E-state index in [1.807, 2.05) is 91.0 Å². The fraction of sp³-hybridized carbons (Fsp3) is 0.250. The summed E-state index contributed by atoms with van der Waals surface area (Å²) in [5, 5.41) is 0. The molecule has 3 aromatic carbocycles. The van der Waals surface area contributed by atoms with Crippen LogP contribution in [0, 0.1) is 0 Å². The molecule has 0 spiro atoms. The molecule has 8 heteroatoms. The normalized spacial score (nSPS) is 21.9. The minimum atomic E-state index is -1.06. The predicted molar refractivity (Wildman–Crippen MR) is 149 cm³/mol. The molecule has 1 aliphatic heterocycles. The number of ether oxygens (including phenoxy) is 3. The Morgan fingerprint density at radius 1 is 0.900 bits per heavy atom. The minimum absolute atomic E-state index is 0.0611. The zero-order chi connectivity index (χ0) is 27.9. The lowest BCUT2D eigenvalue weighted by Gasteiger charge is -2.36. The largest absolute Gasteiger partial charge is 0.383 e. The van der Waals surface area contributed by atoms with Crippen LogP contribution in [0.4, 0.5) is 10.2 Å². The first-order valence-corrected chi connectivity index (χ1v) is 13.2. The molecule has 204 valence electrons. The SMILES string of the molecule is CC1(C)OC2C(COC(c3ccccc3)(c3ccccc3)c3ccccc3)=C(F)C(n3ccc(N)nc3=O)C2O1. The van der Waals surface area contributed by atoms with E-state index in [9.17, 15) is 4.79 Å². The van der Waals surface area contributed by atoms with Crippen LogP contribution in [0.3, 0.4) is 0 Å². The molecule has 3 unspecified atom stereocenters. The Kier molecular flexibility index (Phi) is 6.62. The van der Waals surface area contributed by atoms with Crippen molar-refractivity contribution >= 4 is 5.82 Å². The van der Waals surface area contributed by atoms with Gasteiger partial charge in [-0.15, -0.1) is 0 Å². The van der Waals surface area contributed by atoms with E-state index >= 15 is 4.39 Å². The Morgan fingerprint density at radius 3 is 1.93 bits per heavy atom. The van der Waals surface area contributed by atoms with Gasteiger partial charge in [-0.25, -0.2) is 9.18 Å². The van der Waals surface area contributed by atoms with Crippen molar-refractivity contribution in [1.29, 1.82) is 0 Å². The van der Waals surface area contributed by atoms with Crippen LogP contribution in [0.1, 0.15) is 36.6 Å². The second-order valence-corrected chi connectivity index (χ2v) is 10.4. The number of fused-ring (bicyclic) bond motifs is 1. The second kappa shape index (κ2) is 10.1. The summed E-state index contributed by atoms with van der Waals surface area (Å²) in [5.41, 5.74) is 6.93. The minimum Gasteiger partial charge on any atom is -0.383 e. The van der Waals surface area contributed by atoms with Gasteiger partial charge in [-0.2, -0.15) is 4.98 Å². The molecule has 7 nitrogen and oxygen atoms in total. The van der Waals surface area contributed by atoms with Crippen molar-refractivity contribution in [3.05, 3.63) is 142 Å². The van der Waals surface area contributed by atoms with Crippen molar-refractivity contribution in [2.24, 2.45) is 0 Å². The summed E-state index contributed by atoms with van der Waals surface area (Å²) in [6.45, 7) is 3.43. The lowest BCUT2D eigenvalue weighted by molar-refractivity contribution is -0.150. The van der Waals surface area contributed by atoms with Crippen molar-refractivity contribution in [2.75, 3.05) is 12.3 Å². The van der Waals surface area contributed by atoms with E-state index in [4.69, 9.17) is 19.9 Å². The van der Waals surface area contributed by atoms with E-state index in [1.54, 1.807) is 13.8 Å². The molecule has 0 amide bonds. The van der Waals surface area contributed by atoms with Gasteiger partial charge in [-0.1, -0.05) is 91.0 Å². The Morgan fingerprint density at radius 2 is 1.43 bits per heavy atom. The summed E-state index contributed by atoms with van der Waals surface area (Å²) < 4.78 is 36.8. The van der Waals surface area contributed by atoms with Crippen molar-refractivity contribution in [3.63, 3.8) is 0 Å². The number of nitrogen functional groups attached to an aromatic ring is 1. The molecule has 2 heterocycles. The molecule has 6 rings (SSSR count). The van der Waals surface area contributed by atoms with Crippen LogP contribution in [0.5, 0.6) is 0 Å². The van der Waals surface area contributed by atoms with Crippen LogP contribution in [-0.4, -0.2) is 34.2 Å². The van der Waals surface area contributed by atoms with Crippen LogP contribution in [0.2, 0.25) is 0 Å². The highest BCUT2D eigenvalue weighted by Gasteiger charge is 2.55. The molecule has 2 N–H and O–H groups in total. The summed E-state index contributed by atoms with van der Waals surface area (Å²) in [7, 11) is 0. The first-order chi connectivity index (χ1) is 19.3. The van der Waals surface area contributed by atoms with E-state index in [0.29, 0.717) is 0 Å². The van der Waals surface area contributed by atoms with E-state index < -0.39 is 41.2 Å². The highest BCUT2D eigenvalue weighted by molar-refractivity contribution is 5.48. The Hall–Kier alpha value is -4.11. The topological polar surface area (TPSA) is 88.6 Å². The molecule has 3 atom stereocenters. The summed E-state index contributed by atoms with van der Waals surface area (Å²) in [5.74, 6) is -1.46.